The third kappa shape index (κ3) is 4.80. The Morgan fingerprint density at radius 1 is 1.17 bits per heavy atom. The molecule has 162 valence electrons. The molecule has 0 bridgehead atoms. The minimum absolute atomic E-state index is 0. The van der Waals surface area contributed by atoms with Crippen molar-refractivity contribution < 1.29 is 14.3 Å². The summed E-state index contributed by atoms with van der Waals surface area (Å²) in [5.41, 5.74) is 9.28. The number of halogens is 1. The summed E-state index contributed by atoms with van der Waals surface area (Å²) in [6.07, 6.45) is 3.01. The van der Waals surface area contributed by atoms with E-state index in [1.807, 2.05) is 41.3 Å². The third-order valence-electron chi connectivity index (χ3n) is 6.06. The normalized spacial score (nSPS) is 18.2. The molecule has 2 aliphatic rings. The number of nitrogens with two attached hydrogens (primary N) is 1. The van der Waals surface area contributed by atoms with Crippen molar-refractivity contribution in [2.45, 2.75) is 37.8 Å². The molecule has 1 unspecified atom stereocenters. The van der Waals surface area contributed by atoms with Gasteiger partial charge in [0.15, 0.2) is 0 Å². The van der Waals surface area contributed by atoms with Gasteiger partial charge in [-0.1, -0.05) is 36.4 Å². The van der Waals surface area contributed by atoms with Crippen molar-refractivity contribution in [3.8, 4) is 5.75 Å². The molecule has 5 nitrogen and oxygen atoms in total. The number of benzene rings is 2. The fourth-order valence-corrected chi connectivity index (χ4v) is 4.05. The maximum atomic E-state index is 12.9. The predicted octanol–water partition coefficient (Wildman–Crippen LogP) is 3.46. The van der Waals surface area contributed by atoms with E-state index in [1.54, 1.807) is 7.11 Å². The van der Waals surface area contributed by atoms with Crippen LogP contribution in [0.3, 0.4) is 0 Å². The molecule has 1 saturated carbocycles. The second-order valence-corrected chi connectivity index (χ2v) is 8.42. The minimum atomic E-state index is -0.554. The Labute approximate surface area is 184 Å². The molecule has 1 saturated heterocycles. The van der Waals surface area contributed by atoms with E-state index in [0.717, 1.165) is 17.9 Å². The lowest BCUT2D eigenvalue weighted by Gasteiger charge is -2.51. The smallest absolute Gasteiger partial charge is 0.240 e. The third-order valence-corrected chi connectivity index (χ3v) is 6.06. The number of carbonyl (C=O) groups is 1. The van der Waals surface area contributed by atoms with E-state index in [4.69, 9.17) is 15.2 Å². The van der Waals surface area contributed by atoms with E-state index in [-0.39, 0.29) is 18.3 Å². The van der Waals surface area contributed by atoms with Crippen LogP contribution in [0.5, 0.6) is 5.75 Å². The van der Waals surface area contributed by atoms with E-state index in [1.165, 1.54) is 24.0 Å². The molecule has 2 aromatic rings. The Balaban J connectivity index is 0.00000256. The van der Waals surface area contributed by atoms with E-state index >= 15 is 0 Å². The number of rotatable bonds is 8. The van der Waals surface area contributed by atoms with Crippen molar-refractivity contribution in [1.82, 2.24) is 4.90 Å². The molecule has 0 spiro atoms. The van der Waals surface area contributed by atoms with E-state index < -0.39 is 11.6 Å². The highest BCUT2D eigenvalue weighted by Gasteiger charge is 2.49. The zero-order valence-electron chi connectivity index (χ0n) is 17.7. The van der Waals surface area contributed by atoms with Crippen LogP contribution in [0.1, 0.15) is 29.5 Å². The van der Waals surface area contributed by atoms with Gasteiger partial charge in [-0.25, -0.2) is 0 Å². The number of likely N-dealkylation sites (tertiary alicyclic amines) is 1. The van der Waals surface area contributed by atoms with Crippen molar-refractivity contribution in [2.24, 2.45) is 11.7 Å². The standard InChI is InChI=1S/C24H30N2O3.ClH/c1-17-5-3-4-6-21(17)24(29-14-19-7-8-19)15-26(16-24)23(27)22(25)13-18-9-11-20(28-2)12-10-18;/h3-6,9-12,19,22H,7-8,13-16,25H2,1-2H3;1H. The second kappa shape index (κ2) is 9.38. The average Bonchev–Trinajstić information content (AvgIpc) is 3.53. The van der Waals surface area contributed by atoms with Crippen LogP contribution in [-0.4, -0.2) is 43.7 Å². The van der Waals surface area contributed by atoms with Crippen molar-refractivity contribution in [2.75, 3.05) is 26.8 Å². The molecule has 1 atom stereocenters. The van der Waals surface area contributed by atoms with Crippen molar-refractivity contribution in [3.05, 3.63) is 65.2 Å². The zero-order valence-corrected chi connectivity index (χ0v) is 18.5. The SMILES string of the molecule is COc1ccc(CC(N)C(=O)N2CC(OCC3CC3)(c3ccccc3C)C2)cc1.Cl. The number of hydrogen-bond acceptors (Lipinski definition) is 4. The van der Waals surface area contributed by atoms with Crippen LogP contribution in [0.15, 0.2) is 48.5 Å². The van der Waals surface area contributed by atoms with Crippen molar-refractivity contribution >= 4 is 18.3 Å². The van der Waals surface area contributed by atoms with Crippen LogP contribution >= 0.6 is 12.4 Å². The van der Waals surface area contributed by atoms with Gasteiger partial charge in [0.2, 0.25) is 5.91 Å². The number of aryl methyl sites for hydroxylation is 1. The lowest BCUT2D eigenvalue weighted by Crippen LogP contribution is -2.65. The Bertz CT molecular complexity index is 861. The second-order valence-electron chi connectivity index (χ2n) is 8.42. The van der Waals surface area contributed by atoms with Gasteiger partial charge in [0, 0.05) is 0 Å². The lowest BCUT2D eigenvalue weighted by molar-refractivity contribution is -0.175. The number of ether oxygens (including phenoxy) is 2. The molecule has 0 aromatic heterocycles. The van der Waals surface area contributed by atoms with Gasteiger partial charge in [-0.15, -0.1) is 12.4 Å². The summed E-state index contributed by atoms with van der Waals surface area (Å²) in [7, 11) is 1.64. The van der Waals surface area contributed by atoms with E-state index in [2.05, 4.69) is 19.1 Å². The molecule has 2 N–H and O–H groups in total. The fourth-order valence-electron chi connectivity index (χ4n) is 4.05. The summed E-state index contributed by atoms with van der Waals surface area (Å²) in [5.74, 6) is 1.46. The van der Waals surface area contributed by atoms with Crippen LogP contribution in [0.4, 0.5) is 0 Å². The summed E-state index contributed by atoms with van der Waals surface area (Å²) in [6.45, 7) is 4.02. The Morgan fingerprint density at radius 2 is 1.83 bits per heavy atom. The quantitative estimate of drug-likeness (QED) is 0.696. The number of amides is 1. The van der Waals surface area contributed by atoms with Gasteiger partial charge in [0.1, 0.15) is 11.4 Å². The van der Waals surface area contributed by atoms with Crippen molar-refractivity contribution in [1.29, 1.82) is 0 Å². The maximum Gasteiger partial charge on any atom is 0.240 e. The first-order chi connectivity index (χ1) is 14.0. The molecule has 6 heteroatoms. The summed E-state index contributed by atoms with van der Waals surface area (Å²) < 4.78 is 11.6. The fraction of sp³-hybridized carbons (Fsp3) is 0.458. The van der Waals surface area contributed by atoms with Gasteiger partial charge in [0.05, 0.1) is 32.8 Å². The zero-order chi connectivity index (χ0) is 20.4. The topological polar surface area (TPSA) is 64.8 Å². The highest BCUT2D eigenvalue weighted by molar-refractivity contribution is 5.85. The highest BCUT2D eigenvalue weighted by atomic mass is 35.5. The Morgan fingerprint density at radius 3 is 2.43 bits per heavy atom. The molecule has 1 amide bonds. The van der Waals surface area contributed by atoms with Gasteiger partial charge in [-0.2, -0.15) is 0 Å². The molecule has 1 heterocycles. The van der Waals surface area contributed by atoms with Crippen LogP contribution in [0, 0.1) is 12.8 Å². The van der Waals surface area contributed by atoms with Gasteiger partial charge in [0.25, 0.3) is 0 Å². The molecular weight excluding hydrogens is 400 g/mol. The van der Waals surface area contributed by atoms with Crippen LogP contribution in [0.2, 0.25) is 0 Å². The molecular formula is C24H31ClN2O3. The van der Waals surface area contributed by atoms with Crippen LogP contribution in [-0.2, 0) is 21.6 Å². The van der Waals surface area contributed by atoms with Crippen LogP contribution in [0.25, 0.3) is 0 Å². The largest absolute Gasteiger partial charge is 0.497 e. The van der Waals surface area contributed by atoms with Crippen LogP contribution < -0.4 is 10.5 Å². The highest BCUT2D eigenvalue weighted by Crippen LogP contribution is 2.40. The first kappa shape index (κ1) is 22.6. The molecule has 1 aliphatic carbocycles. The minimum Gasteiger partial charge on any atom is -0.497 e. The van der Waals surface area contributed by atoms with Gasteiger partial charge in [-0.3, -0.25) is 4.79 Å². The van der Waals surface area contributed by atoms with Crippen molar-refractivity contribution in [3.63, 3.8) is 0 Å². The molecule has 0 radical (unpaired) electrons. The number of nitrogens with zero attached hydrogens (tertiary/aromatic N) is 1. The van der Waals surface area contributed by atoms with Gasteiger partial charge >= 0.3 is 0 Å². The number of methoxy groups -OCH3 is 1. The molecule has 4 rings (SSSR count). The number of carbonyl (C=O) groups excluding carboxylic acids is 1. The molecule has 1 aliphatic heterocycles. The Hall–Kier alpha value is -2.08. The summed E-state index contributed by atoms with van der Waals surface area (Å²) in [6, 6.07) is 15.5. The Kier molecular flexibility index (Phi) is 7.06. The maximum absolute atomic E-state index is 12.9. The summed E-state index contributed by atoms with van der Waals surface area (Å²) in [4.78, 5) is 14.8. The predicted molar refractivity (Wildman–Crippen MR) is 120 cm³/mol. The average molecular weight is 431 g/mol. The van der Waals surface area contributed by atoms with E-state index in [0.29, 0.717) is 25.4 Å². The molecule has 2 fully saturated rings. The number of hydrogen-bond donors (Lipinski definition) is 1. The first-order valence-corrected chi connectivity index (χ1v) is 10.4. The summed E-state index contributed by atoms with van der Waals surface area (Å²) >= 11 is 0. The lowest BCUT2D eigenvalue weighted by atomic mass is 9.82. The molecule has 30 heavy (non-hydrogen) atoms. The van der Waals surface area contributed by atoms with E-state index in [9.17, 15) is 4.79 Å². The van der Waals surface area contributed by atoms with Gasteiger partial charge in [-0.05, 0) is 60.9 Å². The summed E-state index contributed by atoms with van der Waals surface area (Å²) in [5, 5.41) is 0. The van der Waals surface area contributed by atoms with Gasteiger partial charge < -0.3 is 20.1 Å². The first-order valence-electron chi connectivity index (χ1n) is 10.4. The monoisotopic (exact) mass is 430 g/mol. The molecule has 2 aromatic carbocycles.